The van der Waals surface area contributed by atoms with Gasteiger partial charge >= 0.3 is 0 Å². The van der Waals surface area contributed by atoms with Crippen molar-refractivity contribution in [1.82, 2.24) is 25.3 Å². The number of aromatic nitrogens is 4. The van der Waals surface area contributed by atoms with Crippen LogP contribution in [-0.4, -0.2) is 31.6 Å². The molecular formula is C26H25N7S2. The Hall–Kier alpha value is -3.56. The van der Waals surface area contributed by atoms with Gasteiger partial charge in [0.05, 0.1) is 6.04 Å². The van der Waals surface area contributed by atoms with Crippen molar-refractivity contribution in [2.75, 3.05) is 16.8 Å². The summed E-state index contributed by atoms with van der Waals surface area (Å²) in [6, 6.07) is 22.6. The van der Waals surface area contributed by atoms with E-state index in [0.717, 1.165) is 35.9 Å². The van der Waals surface area contributed by atoms with E-state index in [9.17, 15) is 0 Å². The third kappa shape index (κ3) is 5.93. The summed E-state index contributed by atoms with van der Waals surface area (Å²) < 4.78 is 0. The number of rotatable bonds is 6. The number of anilines is 2. The highest BCUT2D eigenvalue weighted by atomic mass is 32.2. The van der Waals surface area contributed by atoms with Gasteiger partial charge < -0.3 is 15.5 Å². The Balaban J connectivity index is 1.38. The van der Waals surface area contributed by atoms with Gasteiger partial charge in [0.25, 0.3) is 0 Å². The standard InChI is InChI=1S/C26H25N7S2/c1-18(19-8-3-2-4-9-19)29-25(34)32-24-30-22(16-23(31-24)35-26-27-13-7-14-28-26)33-15-12-20-10-5-6-11-21(20)17-33/h2-11,13-14,16,18H,12,15,17H2,1H3,(H2,29,30,31,32,34)/t18-/m1/s1. The molecule has 5 rings (SSSR count). The van der Waals surface area contributed by atoms with Crippen LogP contribution >= 0.6 is 24.0 Å². The van der Waals surface area contributed by atoms with Gasteiger partial charge in [0, 0.05) is 31.5 Å². The molecule has 1 aliphatic rings. The Bertz CT molecular complexity index is 1300. The molecule has 0 amide bonds. The van der Waals surface area contributed by atoms with E-state index >= 15 is 0 Å². The number of hydrogen-bond donors (Lipinski definition) is 2. The van der Waals surface area contributed by atoms with Crippen molar-refractivity contribution in [1.29, 1.82) is 0 Å². The summed E-state index contributed by atoms with van der Waals surface area (Å²) in [5.74, 6) is 1.28. The minimum atomic E-state index is 0.0459. The molecular weight excluding hydrogens is 474 g/mol. The van der Waals surface area contributed by atoms with Gasteiger partial charge in [0.15, 0.2) is 10.3 Å². The minimum absolute atomic E-state index is 0.0459. The number of benzene rings is 2. The van der Waals surface area contributed by atoms with Crippen molar-refractivity contribution in [2.24, 2.45) is 0 Å². The van der Waals surface area contributed by atoms with Crippen LogP contribution in [0.25, 0.3) is 0 Å². The van der Waals surface area contributed by atoms with Gasteiger partial charge in [-0.3, -0.25) is 0 Å². The molecule has 2 aromatic heterocycles. The maximum atomic E-state index is 5.59. The highest BCUT2D eigenvalue weighted by Crippen LogP contribution is 2.29. The van der Waals surface area contributed by atoms with Crippen LogP contribution in [0.5, 0.6) is 0 Å². The number of nitrogens with one attached hydrogen (secondary N) is 2. The fraction of sp³-hybridized carbons (Fsp3) is 0.192. The van der Waals surface area contributed by atoms with Gasteiger partial charge in [0.2, 0.25) is 5.95 Å². The Kier molecular flexibility index (Phi) is 7.15. The molecule has 7 nitrogen and oxygen atoms in total. The van der Waals surface area contributed by atoms with Crippen molar-refractivity contribution in [3.63, 3.8) is 0 Å². The van der Waals surface area contributed by atoms with E-state index in [1.807, 2.05) is 24.3 Å². The molecule has 35 heavy (non-hydrogen) atoms. The van der Waals surface area contributed by atoms with Crippen LogP contribution in [0.1, 0.15) is 29.7 Å². The van der Waals surface area contributed by atoms with E-state index in [4.69, 9.17) is 22.2 Å². The summed E-state index contributed by atoms with van der Waals surface area (Å²) >= 11 is 6.99. The lowest BCUT2D eigenvalue weighted by Gasteiger charge is -2.30. The van der Waals surface area contributed by atoms with E-state index < -0.39 is 0 Å². The third-order valence-electron chi connectivity index (χ3n) is 5.75. The fourth-order valence-electron chi connectivity index (χ4n) is 3.97. The molecule has 0 spiro atoms. The molecule has 0 aliphatic carbocycles. The Morgan fingerprint density at radius 3 is 2.51 bits per heavy atom. The quantitative estimate of drug-likeness (QED) is 0.216. The largest absolute Gasteiger partial charge is 0.356 e. The molecule has 0 radical (unpaired) electrons. The van der Waals surface area contributed by atoms with Gasteiger partial charge in [-0.1, -0.05) is 54.6 Å². The third-order valence-corrected chi connectivity index (χ3v) is 6.79. The molecule has 2 aromatic carbocycles. The maximum absolute atomic E-state index is 5.59. The zero-order valence-corrected chi connectivity index (χ0v) is 20.9. The molecule has 2 N–H and O–H groups in total. The second-order valence-electron chi connectivity index (χ2n) is 8.19. The topological polar surface area (TPSA) is 78.9 Å². The summed E-state index contributed by atoms with van der Waals surface area (Å²) in [4.78, 5) is 20.4. The van der Waals surface area contributed by atoms with Crippen LogP contribution in [0, 0.1) is 0 Å². The molecule has 1 aliphatic heterocycles. The first-order valence-corrected chi connectivity index (χ1v) is 12.6. The van der Waals surface area contributed by atoms with Crippen LogP contribution in [0.4, 0.5) is 11.8 Å². The predicted octanol–water partition coefficient (Wildman–Crippen LogP) is 5.03. The second kappa shape index (κ2) is 10.8. The lowest BCUT2D eigenvalue weighted by molar-refractivity contribution is 0.715. The summed E-state index contributed by atoms with van der Waals surface area (Å²) in [5.41, 5.74) is 3.86. The molecule has 1 atom stereocenters. The van der Waals surface area contributed by atoms with Crippen molar-refractivity contribution < 1.29 is 0 Å². The van der Waals surface area contributed by atoms with Crippen LogP contribution < -0.4 is 15.5 Å². The van der Waals surface area contributed by atoms with E-state index in [1.165, 1.54) is 22.9 Å². The molecule has 0 bridgehead atoms. The average molecular weight is 500 g/mol. The number of nitrogens with zero attached hydrogens (tertiary/aromatic N) is 5. The monoisotopic (exact) mass is 499 g/mol. The van der Waals surface area contributed by atoms with E-state index in [2.05, 4.69) is 68.8 Å². The zero-order chi connectivity index (χ0) is 24.0. The fourth-order valence-corrected chi connectivity index (χ4v) is 4.94. The smallest absolute Gasteiger partial charge is 0.232 e. The Labute approximate surface area is 214 Å². The van der Waals surface area contributed by atoms with E-state index in [0.29, 0.717) is 16.2 Å². The van der Waals surface area contributed by atoms with Crippen LogP contribution in [0.3, 0.4) is 0 Å². The summed E-state index contributed by atoms with van der Waals surface area (Å²) in [6.45, 7) is 3.75. The van der Waals surface area contributed by atoms with Gasteiger partial charge in [-0.15, -0.1) is 0 Å². The minimum Gasteiger partial charge on any atom is -0.356 e. The van der Waals surface area contributed by atoms with Crippen molar-refractivity contribution in [2.45, 2.75) is 36.1 Å². The van der Waals surface area contributed by atoms with Crippen LogP contribution in [-0.2, 0) is 13.0 Å². The van der Waals surface area contributed by atoms with Crippen LogP contribution in [0.15, 0.2) is 89.3 Å². The molecule has 0 fully saturated rings. The van der Waals surface area contributed by atoms with Gasteiger partial charge in [-0.2, -0.15) is 4.98 Å². The summed E-state index contributed by atoms with van der Waals surface area (Å²) in [6.07, 6.45) is 4.42. The number of hydrogen-bond acceptors (Lipinski definition) is 7. The normalized spacial score (nSPS) is 13.6. The van der Waals surface area contributed by atoms with Crippen molar-refractivity contribution >= 4 is 40.9 Å². The highest BCUT2D eigenvalue weighted by Gasteiger charge is 2.20. The Morgan fingerprint density at radius 1 is 0.971 bits per heavy atom. The van der Waals surface area contributed by atoms with Gasteiger partial charge in [-0.25, -0.2) is 15.0 Å². The number of thiocarbonyl (C=S) groups is 1. The molecule has 9 heteroatoms. The lowest BCUT2D eigenvalue weighted by atomic mass is 10.00. The molecule has 0 saturated carbocycles. The van der Waals surface area contributed by atoms with E-state index in [1.54, 1.807) is 18.5 Å². The first kappa shape index (κ1) is 23.2. The number of fused-ring (bicyclic) bond motifs is 1. The molecule has 0 saturated heterocycles. The first-order chi connectivity index (χ1) is 17.1. The predicted molar refractivity (Wildman–Crippen MR) is 144 cm³/mol. The van der Waals surface area contributed by atoms with Crippen molar-refractivity contribution in [3.8, 4) is 0 Å². The SMILES string of the molecule is C[C@@H](NC(=S)Nc1nc(Sc2ncccn2)cc(N2CCc3ccccc3C2)n1)c1ccccc1. The molecule has 0 unspecified atom stereocenters. The van der Waals surface area contributed by atoms with Crippen LogP contribution in [0.2, 0.25) is 0 Å². The lowest BCUT2D eigenvalue weighted by Crippen LogP contribution is -2.33. The van der Waals surface area contributed by atoms with E-state index in [-0.39, 0.29) is 6.04 Å². The summed E-state index contributed by atoms with van der Waals surface area (Å²) in [7, 11) is 0. The maximum Gasteiger partial charge on any atom is 0.232 e. The average Bonchev–Trinajstić information content (AvgIpc) is 2.89. The molecule has 4 aromatic rings. The Morgan fingerprint density at radius 2 is 1.71 bits per heavy atom. The van der Waals surface area contributed by atoms with Gasteiger partial charge in [0.1, 0.15) is 10.8 Å². The first-order valence-electron chi connectivity index (χ1n) is 11.4. The van der Waals surface area contributed by atoms with Crippen molar-refractivity contribution in [3.05, 3.63) is 95.8 Å². The van der Waals surface area contributed by atoms with Gasteiger partial charge in [-0.05, 0) is 60.1 Å². The highest BCUT2D eigenvalue weighted by molar-refractivity contribution is 7.99. The molecule has 3 heterocycles. The molecule has 176 valence electrons. The zero-order valence-electron chi connectivity index (χ0n) is 19.3. The summed E-state index contributed by atoms with van der Waals surface area (Å²) in [5, 5.41) is 8.35. The second-order valence-corrected chi connectivity index (χ2v) is 9.59.